The maximum Gasteiger partial charge on any atom is 0.240 e. The van der Waals surface area contributed by atoms with Crippen LogP contribution in [0.4, 0.5) is 0 Å². The Balaban J connectivity index is 1.51. The van der Waals surface area contributed by atoms with Crippen molar-refractivity contribution in [2.45, 2.75) is 44.5 Å². The van der Waals surface area contributed by atoms with Crippen LogP contribution in [0.15, 0.2) is 30.3 Å². The Bertz CT molecular complexity index is 760. The lowest BCUT2D eigenvalue weighted by atomic mass is 10.1. The largest absolute Gasteiger partial charge is 0.392 e. The van der Waals surface area contributed by atoms with E-state index in [2.05, 4.69) is 39.1 Å². The van der Waals surface area contributed by atoms with E-state index in [0.717, 1.165) is 18.1 Å². The number of carbonyl (C=O) groups is 1. The van der Waals surface area contributed by atoms with Gasteiger partial charge in [-0.05, 0) is 18.9 Å². The fourth-order valence-electron chi connectivity index (χ4n) is 3.81. The summed E-state index contributed by atoms with van der Waals surface area (Å²) in [4.78, 5) is 14.5. The van der Waals surface area contributed by atoms with E-state index in [0.29, 0.717) is 26.1 Å². The molecule has 3 atom stereocenters. The molecule has 7 nitrogen and oxygen atoms in total. The Kier molecular flexibility index (Phi) is 4.27. The van der Waals surface area contributed by atoms with Gasteiger partial charge in [-0.2, -0.15) is 0 Å². The van der Waals surface area contributed by atoms with Crippen LogP contribution in [0.25, 0.3) is 0 Å². The van der Waals surface area contributed by atoms with E-state index in [9.17, 15) is 9.90 Å². The van der Waals surface area contributed by atoms with Crippen molar-refractivity contribution in [1.29, 1.82) is 0 Å². The summed E-state index contributed by atoms with van der Waals surface area (Å²) in [6.45, 7) is 3.69. The van der Waals surface area contributed by atoms with Gasteiger partial charge in [0.25, 0.3) is 0 Å². The molecule has 2 aliphatic heterocycles. The summed E-state index contributed by atoms with van der Waals surface area (Å²) >= 11 is 0. The predicted octanol–water partition coefficient (Wildman–Crippen LogP) is 0.495. The minimum atomic E-state index is -0.433. The zero-order valence-electron chi connectivity index (χ0n) is 14.3. The zero-order valence-corrected chi connectivity index (χ0v) is 14.3. The van der Waals surface area contributed by atoms with Crippen LogP contribution in [0.1, 0.15) is 36.6 Å². The van der Waals surface area contributed by atoms with Gasteiger partial charge in [-0.15, -0.1) is 10.2 Å². The summed E-state index contributed by atoms with van der Waals surface area (Å²) in [6, 6.07) is 10.1. The lowest BCUT2D eigenvalue weighted by Crippen LogP contribution is -2.48. The number of aliphatic hydroxyl groups is 1. The molecule has 4 rings (SSSR count). The van der Waals surface area contributed by atoms with Crippen LogP contribution in [-0.2, 0) is 17.8 Å². The third-order valence-corrected chi connectivity index (χ3v) is 5.02. The van der Waals surface area contributed by atoms with Gasteiger partial charge < -0.3 is 19.9 Å². The van der Waals surface area contributed by atoms with Crippen LogP contribution in [0.3, 0.4) is 0 Å². The highest BCUT2D eigenvalue weighted by Gasteiger charge is 2.35. The van der Waals surface area contributed by atoms with Crippen molar-refractivity contribution in [1.82, 2.24) is 25.0 Å². The van der Waals surface area contributed by atoms with Gasteiger partial charge >= 0.3 is 0 Å². The van der Waals surface area contributed by atoms with Gasteiger partial charge in [0.05, 0.1) is 24.7 Å². The number of aliphatic hydroxyl groups excluding tert-OH is 1. The van der Waals surface area contributed by atoms with Crippen LogP contribution < -0.4 is 5.32 Å². The molecular weight excluding hydrogens is 318 g/mol. The summed E-state index contributed by atoms with van der Waals surface area (Å²) < 4.78 is 2.16. The zero-order chi connectivity index (χ0) is 17.4. The molecule has 1 amide bonds. The van der Waals surface area contributed by atoms with E-state index in [4.69, 9.17) is 0 Å². The van der Waals surface area contributed by atoms with Crippen LogP contribution >= 0.6 is 0 Å². The molecule has 2 N–H and O–H groups in total. The number of hydrogen-bond acceptors (Lipinski definition) is 5. The van der Waals surface area contributed by atoms with Crippen molar-refractivity contribution in [2.75, 3.05) is 13.1 Å². The Morgan fingerprint density at radius 1 is 1.32 bits per heavy atom. The molecule has 7 heteroatoms. The van der Waals surface area contributed by atoms with E-state index in [1.54, 1.807) is 0 Å². The average Bonchev–Trinajstić information content (AvgIpc) is 3.22. The normalized spacial score (nSPS) is 25.8. The summed E-state index contributed by atoms with van der Waals surface area (Å²) in [6.07, 6.45) is 0.787. The molecule has 1 aromatic carbocycles. The van der Waals surface area contributed by atoms with Crippen molar-refractivity contribution in [3.8, 4) is 0 Å². The van der Waals surface area contributed by atoms with E-state index in [1.165, 1.54) is 5.56 Å². The maximum atomic E-state index is 12.7. The number of benzene rings is 1. The van der Waals surface area contributed by atoms with Gasteiger partial charge in [-0.3, -0.25) is 4.79 Å². The molecule has 0 saturated carbocycles. The predicted molar refractivity (Wildman–Crippen MR) is 91.8 cm³/mol. The molecule has 1 aromatic heterocycles. The van der Waals surface area contributed by atoms with Crippen LogP contribution in [0.2, 0.25) is 0 Å². The molecule has 0 radical (unpaired) electrons. The number of amides is 1. The number of nitrogens with one attached hydrogen (secondary N) is 1. The van der Waals surface area contributed by atoms with Gasteiger partial charge in [0.2, 0.25) is 5.91 Å². The van der Waals surface area contributed by atoms with Gasteiger partial charge in [0, 0.05) is 19.5 Å². The van der Waals surface area contributed by atoms with Gasteiger partial charge in [0.15, 0.2) is 5.82 Å². The molecule has 25 heavy (non-hydrogen) atoms. The van der Waals surface area contributed by atoms with E-state index in [1.807, 2.05) is 23.1 Å². The van der Waals surface area contributed by atoms with Gasteiger partial charge in [-0.25, -0.2) is 0 Å². The molecule has 0 bridgehead atoms. The molecule has 1 saturated heterocycles. The summed E-state index contributed by atoms with van der Waals surface area (Å²) in [5.41, 5.74) is 1.20. The lowest BCUT2D eigenvalue weighted by molar-refractivity contribution is -0.135. The van der Waals surface area contributed by atoms with E-state index >= 15 is 0 Å². The topological polar surface area (TPSA) is 83.3 Å². The SMILES string of the molecule is C[C@H]1CN(C(=O)[C@@H]2C[C@@H](O)CN2)Cc2nnc(Cc3ccccc3)n21. The molecule has 3 heterocycles. The van der Waals surface area contributed by atoms with Crippen molar-refractivity contribution < 1.29 is 9.90 Å². The number of carbonyl (C=O) groups excluding carboxylic acids is 1. The molecule has 0 aliphatic carbocycles. The van der Waals surface area contributed by atoms with Crippen molar-refractivity contribution in [3.63, 3.8) is 0 Å². The average molecular weight is 341 g/mol. The molecular formula is C18H23N5O2. The maximum absolute atomic E-state index is 12.7. The Labute approximate surface area is 146 Å². The van der Waals surface area contributed by atoms with Crippen LogP contribution in [-0.4, -0.2) is 55.9 Å². The molecule has 0 unspecified atom stereocenters. The third kappa shape index (κ3) is 3.17. The highest BCUT2D eigenvalue weighted by molar-refractivity contribution is 5.82. The summed E-state index contributed by atoms with van der Waals surface area (Å²) in [5.74, 6) is 1.81. The van der Waals surface area contributed by atoms with Crippen LogP contribution in [0, 0.1) is 0 Å². The first-order chi connectivity index (χ1) is 12.1. The quantitative estimate of drug-likeness (QED) is 0.849. The lowest BCUT2D eigenvalue weighted by Gasteiger charge is -2.34. The Morgan fingerprint density at radius 2 is 2.12 bits per heavy atom. The molecule has 2 aliphatic rings. The minimum Gasteiger partial charge on any atom is -0.392 e. The second kappa shape index (κ2) is 6.57. The molecule has 2 aromatic rings. The van der Waals surface area contributed by atoms with Crippen molar-refractivity contribution in [3.05, 3.63) is 47.5 Å². The fraction of sp³-hybridized carbons (Fsp3) is 0.500. The van der Waals surface area contributed by atoms with Gasteiger partial charge in [0.1, 0.15) is 5.82 Å². The number of fused-ring (bicyclic) bond motifs is 1. The first-order valence-corrected chi connectivity index (χ1v) is 8.78. The number of β-amino-alcohol motifs (C(OH)–C–C–N with tert-alkyl or cyclic N) is 1. The number of aromatic nitrogens is 3. The third-order valence-electron chi connectivity index (χ3n) is 5.02. The van der Waals surface area contributed by atoms with Crippen LogP contribution in [0.5, 0.6) is 0 Å². The molecule has 132 valence electrons. The standard InChI is InChI=1S/C18H23N5O2/c1-12-10-22(18(25)15-8-14(24)9-19-15)11-17-21-20-16(23(12)17)7-13-5-3-2-4-6-13/h2-6,12,14-15,19,24H,7-11H2,1H3/t12-,14+,15-/m0/s1. The van der Waals surface area contributed by atoms with Crippen molar-refractivity contribution >= 4 is 5.91 Å². The molecule has 1 fully saturated rings. The second-order valence-electron chi connectivity index (χ2n) is 6.98. The second-order valence-corrected chi connectivity index (χ2v) is 6.98. The fourth-order valence-corrected chi connectivity index (χ4v) is 3.81. The number of rotatable bonds is 3. The highest BCUT2D eigenvalue weighted by atomic mass is 16.3. The number of nitrogens with zero attached hydrogens (tertiary/aromatic N) is 4. The monoisotopic (exact) mass is 341 g/mol. The highest BCUT2D eigenvalue weighted by Crippen LogP contribution is 2.24. The Morgan fingerprint density at radius 3 is 2.84 bits per heavy atom. The first-order valence-electron chi connectivity index (χ1n) is 8.78. The van der Waals surface area contributed by atoms with Gasteiger partial charge in [-0.1, -0.05) is 30.3 Å². The smallest absolute Gasteiger partial charge is 0.240 e. The number of hydrogen-bond donors (Lipinski definition) is 2. The first kappa shape index (κ1) is 16.2. The molecule has 0 spiro atoms. The summed E-state index contributed by atoms with van der Waals surface area (Å²) in [5, 5.41) is 21.4. The minimum absolute atomic E-state index is 0.0438. The summed E-state index contributed by atoms with van der Waals surface area (Å²) in [7, 11) is 0. The Hall–Kier alpha value is -2.25. The van der Waals surface area contributed by atoms with E-state index < -0.39 is 6.10 Å². The van der Waals surface area contributed by atoms with E-state index in [-0.39, 0.29) is 18.0 Å². The van der Waals surface area contributed by atoms with Crippen molar-refractivity contribution in [2.24, 2.45) is 0 Å².